The molecule has 0 bridgehead atoms. The fourth-order valence-corrected chi connectivity index (χ4v) is 4.68. The first-order valence-electron chi connectivity index (χ1n) is 8.74. The van der Waals surface area contributed by atoms with Crippen molar-refractivity contribution in [1.29, 1.82) is 0 Å². The van der Waals surface area contributed by atoms with Gasteiger partial charge in [0.05, 0.1) is 21.3 Å². The lowest BCUT2D eigenvalue weighted by atomic mass is 10.2. The largest absolute Gasteiger partial charge is 0.339 e. The molecule has 1 aliphatic rings. The van der Waals surface area contributed by atoms with E-state index in [1.165, 1.54) is 11.3 Å². The fourth-order valence-electron chi connectivity index (χ4n) is 3.32. The van der Waals surface area contributed by atoms with E-state index in [1.54, 1.807) is 11.8 Å². The molecule has 0 aliphatic carbocycles. The van der Waals surface area contributed by atoms with E-state index in [0.29, 0.717) is 36.1 Å². The highest BCUT2D eigenvalue weighted by Crippen LogP contribution is 2.33. The number of piperazine rings is 1. The molecule has 2 amide bonds. The van der Waals surface area contributed by atoms with Crippen molar-refractivity contribution in [2.45, 2.75) is 13.8 Å². The summed E-state index contributed by atoms with van der Waals surface area (Å²) in [6, 6.07) is 9.45. The number of rotatable bonds is 2. The molecule has 0 saturated carbocycles. The molecule has 3 heterocycles. The number of halogens is 1. The number of benzene rings is 1. The molecule has 1 aromatic carbocycles. The molecule has 1 fully saturated rings. The number of para-hydroxylation sites is 1. The van der Waals surface area contributed by atoms with Crippen molar-refractivity contribution in [3.05, 3.63) is 45.9 Å². The summed E-state index contributed by atoms with van der Waals surface area (Å²) in [6.45, 7) is 5.77. The molecule has 0 unspecified atom stereocenters. The van der Waals surface area contributed by atoms with Gasteiger partial charge in [0, 0.05) is 38.5 Å². The molecule has 2 aromatic heterocycles. The molecule has 0 spiro atoms. The summed E-state index contributed by atoms with van der Waals surface area (Å²) in [7, 11) is 0. The third-order valence-corrected chi connectivity index (χ3v) is 6.27. The van der Waals surface area contributed by atoms with Crippen molar-refractivity contribution >= 4 is 45.0 Å². The Kier molecular flexibility index (Phi) is 4.65. The maximum absolute atomic E-state index is 12.9. The molecule has 0 atom stereocenters. The van der Waals surface area contributed by atoms with Crippen LogP contribution in [0.3, 0.4) is 0 Å². The summed E-state index contributed by atoms with van der Waals surface area (Å²) in [6.07, 6.45) is 0. The first kappa shape index (κ1) is 18.0. The normalized spacial score (nSPS) is 14.8. The van der Waals surface area contributed by atoms with E-state index >= 15 is 0 Å². The van der Waals surface area contributed by atoms with Gasteiger partial charge in [-0.05, 0) is 25.1 Å². The van der Waals surface area contributed by atoms with Crippen LogP contribution in [0.5, 0.6) is 0 Å². The summed E-state index contributed by atoms with van der Waals surface area (Å²) in [4.78, 5) is 29.6. The van der Waals surface area contributed by atoms with E-state index in [1.807, 2.05) is 46.8 Å². The average molecular weight is 403 g/mol. The van der Waals surface area contributed by atoms with Gasteiger partial charge in [0.15, 0.2) is 0 Å². The molecule has 1 saturated heterocycles. The van der Waals surface area contributed by atoms with E-state index in [0.717, 1.165) is 21.6 Å². The summed E-state index contributed by atoms with van der Waals surface area (Å²) in [5, 5.41) is 6.17. The number of hydrogen-bond acceptors (Lipinski definition) is 4. The minimum absolute atomic E-state index is 0.00418. The van der Waals surface area contributed by atoms with Crippen LogP contribution in [-0.4, -0.2) is 57.6 Å². The van der Waals surface area contributed by atoms with Gasteiger partial charge in [0.1, 0.15) is 4.83 Å². The van der Waals surface area contributed by atoms with Crippen molar-refractivity contribution in [2.75, 3.05) is 26.2 Å². The summed E-state index contributed by atoms with van der Waals surface area (Å²) in [5.41, 5.74) is 1.66. The third kappa shape index (κ3) is 3.21. The Morgan fingerprint density at radius 3 is 2.44 bits per heavy atom. The van der Waals surface area contributed by atoms with Crippen LogP contribution in [0.25, 0.3) is 15.9 Å². The number of aromatic nitrogens is 2. The summed E-state index contributed by atoms with van der Waals surface area (Å²) >= 11 is 7.76. The van der Waals surface area contributed by atoms with Gasteiger partial charge in [-0.1, -0.05) is 23.7 Å². The second-order valence-electron chi connectivity index (χ2n) is 6.58. The van der Waals surface area contributed by atoms with Crippen molar-refractivity contribution in [1.82, 2.24) is 19.6 Å². The fraction of sp³-hybridized carbons (Fsp3) is 0.316. The third-order valence-electron chi connectivity index (χ3n) is 4.85. The van der Waals surface area contributed by atoms with Crippen LogP contribution in [0.15, 0.2) is 30.3 Å². The van der Waals surface area contributed by atoms with E-state index in [4.69, 9.17) is 11.6 Å². The van der Waals surface area contributed by atoms with E-state index < -0.39 is 0 Å². The smallest absolute Gasteiger partial charge is 0.264 e. The molecule has 8 heteroatoms. The number of hydrogen-bond donors (Lipinski definition) is 0. The minimum atomic E-state index is 0.00418. The van der Waals surface area contributed by atoms with Crippen LogP contribution in [0.1, 0.15) is 22.3 Å². The molecule has 4 rings (SSSR count). The number of aryl methyl sites for hydroxylation is 1. The standard InChI is InChI=1S/C19H19ClN4O2S/c1-12-14-11-17(18(26)23-9-7-22(8-10-23)13(2)25)27-19(14)24(21-12)16-6-4-3-5-15(16)20/h3-6,11H,7-10H2,1-2H3. The zero-order chi connectivity index (χ0) is 19.1. The lowest BCUT2D eigenvalue weighted by Crippen LogP contribution is -2.49. The average Bonchev–Trinajstić information content (AvgIpc) is 3.22. The lowest BCUT2D eigenvalue weighted by Gasteiger charge is -2.33. The number of nitrogens with zero attached hydrogens (tertiary/aromatic N) is 4. The van der Waals surface area contributed by atoms with Gasteiger partial charge < -0.3 is 9.80 Å². The number of carbonyl (C=O) groups is 2. The van der Waals surface area contributed by atoms with Crippen molar-refractivity contribution in [2.24, 2.45) is 0 Å². The van der Waals surface area contributed by atoms with Crippen LogP contribution in [0.4, 0.5) is 0 Å². The lowest BCUT2D eigenvalue weighted by molar-refractivity contribution is -0.130. The van der Waals surface area contributed by atoms with Crippen molar-refractivity contribution in [3.8, 4) is 5.69 Å². The van der Waals surface area contributed by atoms with Gasteiger partial charge in [0.2, 0.25) is 5.91 Å². The molecule has 3 aromatic rings. The Morgan fingerprint density at radius 1 is 1.11 bits per heavy atom. The van der Waals surface area contributed by atoms with Crippen molar-refractivity contribution in [3.63, 3.8) is 0 Å². The highest BCUT2D eigenvalue weighted by Gasteiger charge is 2.26. The molecule has 0 N–H and O–H groups in total. The number of thiophene rings is 1. The maximum atomic E-state index is 12.9. The summed E-state index contributed by atoms with van der Waals surface area (Å²) in [5.74, 6) is 0.0592. The van der Waals surface area contributed by atoms with E-state index in [2.05, 4.69) is 5.10 Å². The topological polar surface area (TPSA) is 58.4 Å². The SMILES string of the molecule is CC(=O)N1CCN(C(=O)c2cc3c(C)nn(-c4ccccc4Cl)c3s2)CC1. The van der Waals surface area contributed by atoms with Crippen LogP contribution in [0, 0.1) is 6.92 Å². The Morgan fingerprint density at radius 2 is 1.78 bits per heavy atom. The van der Waals surface area contributed by atoms with Gasteiger partial charge in [0.25, 0.3) is 5.91 Å². The van der Waals surface area contributed by atoms with Gasteiger partial charge in [-0.3, -0.25) is 9.59 Å². The number of carbonyl (C=O) groups excluding carboxylic acids is 2. The second-order valence-corrected chi connectivity index (χ2v) is 8.01. The Labute approximate surface area is 165 Å². The van der Waals surface area contributed by atoms with E-state index in [9.17, 15) is 9.59 Å². The first-order chi connectivity index (χ1) is 13.0. The maximum Gasteiger partial charge on any atom is 0.264 e. The Hall–Kier alpha value is -2.38. The minimum Gasteiger partial charge on any atom is -0.339 e. The predicted octanol–water partition coefficient (Wildman–Crippen LogP) is 3.35. The molecule has 1 aliphatic heterocycles. The highest BCUT2D eigenvalue weighted by atomic mass is 35.5. The first-order valence-corrected chi connectivity index (χ1v) is 9.94. The quantitative estimate of drug-likeness (QED) is 0.660. The van der Waals surface area contributed by atoms with E-state index in [-0.39, 0.29) is 11.8 Å². The summed E-state index contributed by atoms with van der Waals surface area (Å²) < 4.78 is 1.81. The molecule has 27 heavy (non-hydrogen) atoms. The zero-order valence-electron chi connectivity index (χ0n) is 15.1. The number of amides is 2. The molecular weight excluding hydrogens is 384 g/mol. The van der Waals surface area contributed by atoms with Crippen LogP contribution in [-0.2, 0) is 4.79 Å². The molecular formula is C19H19ClN4O2S. The van der Waals surface area contributed by atoms with Gasteiger partial charge >= 0.3 is 0 Å². The number of fused-ring (bicyclic) bond motifs is 1. The molecule has 0 radical (unpaired) electrons. The predicted molar refractivity (Wildman–Crippen MR) is 107 cm³/mol. The van der Waals surface area contributed by atoms with Crippen LogP contribution in [0.2, 0.25) is 5.02 Å². The second kappa shape index (κ2) is 6.98. The van der Waals surface area contributed by atoms with Gasteiger partial charge in [-0.25, -0.2) is 4.68 Å². The molecule has 6 nitrogen and oxygen atoms in total. The van der Waals surface area contributed by atoms with Crippen LogP contribution < -0.4 is 0 Å². The van der Waals surface area contributed by atoms with Crippen molar-refractivity contribution < 1.29 is 9.59 Å². The van der Waals surface area contributed by atoms with Gasteiger partial charge in [-0.2, -0.15) is 5.10 Å². The Balaban J connectivity index is 1.65. The molecule has 140 valence electrons. The van der Waals surface area contributed by atoms with Crippen LogP contribution >= 0.6 is 22.9 Å². The monoisotopic (exact) mass is 402 g/mol. The zero-order valence-corrected chi connectivity index (χ0v) is 16.7. The van der Waals surface area contributed by atoms with Gasteiger partial charge in [-0.15, -0.1) is 11.3 Å². The Bertz CT molecular complexity index is 1030. The highest BCUT2D eigenvalue weighted by molar-refractivity contribution is 7.20.